The van der Waals surface area contributed by atoms with Crippen molar-refractivity contribution in [3.05, 3.63) is 28.3 Å². The molecular weight excluding hydrogens is 283 g/mol. The van der Waals surface area contributed by atoms with Crippen LogP contribution in [0.4, 0.5) is 18.9 Å². The predicted molar refractivity (Wildman–Crippen MR) is 70.4 cm³/mol. The van der Waals surface area contributed by atoms with Crippen molar-refractivity contribution in [2.45, 2.75) is 24.8 Å². The van der Waals surface area contributed by atoms with Crippen molar-refractivity contribution in [1.29, 1.82) is 0 Å². The largest absolute Gasteiger partial charge is 0.417 e. The molecule has 1 aliphatic rings. The third-order valence-corrected chi connectivity index (χ3v) is 4.48. The number of benzene rings is 1. The third kappa shape index (κ3) is 2.88. The lowest BCUT2D eigenvalue weighted by Gasteiger charge is -2.23. The number of hydrogen-bond acceptors (Lipinski definition) is 2. The lowest BCUT2D eigenvalue weighted by molar-refractivity contribution is -0.137. The van der Waals surface area contributed by atoms with E-state index in [4.69, 9.17) is 11.6 Å². The van der Waals surface area contributed by atoms with E-state index in [1.807, 2.05) is 6.92 Å². The van der Waals surface area contributed by atoms with Gasteiger partial charge in [0.25, 0.3) is 0 Å². The van der Waals surface area contributed by atoms with Crippen LogP contribution in [0, 0.1) is 0 Å². The molecule has 0 aliphatic carbocycles. The van der Waals surface area contributed by atoms with Crippen LogP contribution < -0.4 is 5.32 Å². The molecule has 0 aromatic heterocycles. The fourth-order valence-electron chi connectivity index (χ4n) is 1.94. The minimum Gasteiger partial charge on any atom is -0.385 e. The van der Waals surface area contributed by atoms with Crippen molar-refractivity contribution < 1.29 is 13.2 Å². The molecule has 1 nitrogen and oxygen atoms in total. The molecule has 1 aromatic carbocycles. The van der Waals surface area contributed by atoms with Gasteiger partial charge in [0.2, 0.25) is 0 Å². The molecule has 1 atom stereocenters. The number of nitrogens with one attached hydrogen (secondary N) is 1. The van der Waals surface area contributed by atoms with Crippen molar-refractivity contribution in [1.82, 2.24) is 0 Å². The van der Waals surface area contributed by atoms with Crippen molar-refractivity contribution in [2.24, 2.45) is 0 Å². The molecule has 1 unspecified atom stereocenters. The molecule has 1 aliphatic heterocycles. The lowest BCUT2D eigenvalue weighted by Crippen LogP contribution is -2.13. The van der Waals surface area contributed by atoms with Gasteiger partial charge in [-0.2, -0.15) is 24.9 Å². The van der Waals surface area contributed by atoms with E-state index in [9.17, 15) is 13.2 Å². The minimum absolute atomic E-state index is 0.146. The molecule has 1 N–H and O–H groups in total. The summed E-state index contributed by atoms with van der Waals surface area (Å²) in [6, 6.07) is 2.57. The van der Waals surface area contributed by atoms with E-state index in [1.165, 1.54) is 6.07 Å². The van der Waals surface area contributed by atoms with Gasteiger partial charge in [-0.15, -0.1) is 0 Å². The number of thioether (sulfide) groups is 1. The SMILES string of the molecule is CC1SCCCNc2cc(C(F)(F)F)c(Cl)cc21. The summed E-state index contributed by atoms with van der Waals surface area (Å²) in [5.41, 5.74) is 0.623. The highest BCUT2D eigenvalue weighted by Gasteiger charge is 2.34. The predicted octanol–water partition coefficient (Wildman–Crippen LogP) is 4.97. The number of anilines is 1. The van der Waals surface area contributed by atoms with Crippen LogP contribution in [-0.2, 0) is 6.18 Å². The van der Waals surface area contributed by atoms with Crippen LogP contribution in [0.15, 0.2) is 12.1 Å². The second-order valence-electron chi connectivity index (χ2n) is 4.21. The van der Waals surface area contributed by atoms with Crippen LogP contribution in [0.25, 0.3) is 0 Å². The molecule has 0 saturated carbocycles. The van der Waals surface area contributed by atoms with Crippen LogP contribution in [0.1, 0.15) is 29.7 Å². The number of halogens is 4. The van der Waals surface area contributed by atoms with Gasteiger partial charge in [-0.1, -0.05) is 11.6 Å². The van der Waals surface area contributed by atoms with Crippen LogP contribution in [-0.4, -0.2) is 12.3 Å². The Labute approximate surface area is 113 Å². The summed E-state index contributed by atoms with van der Waals surface area (Å²) in [5.74, 6) is 0.992. The van der Waals surface area contributed by atoms with Gasteiger partial charge in [-0.05, 0) is 36.8 Å². The van der Waals surface area contributed by atoms with Gasteiger partial charge in [0.1, 0.15) is 0 Å². The van der Waals surface area contributed by atoms with Crippen molar-refractivity contribution in [2.75, 3.05) is 17.6 Å². The number of alkyl halides is 3. The molecule has 1 aromatic rings. The van der Waals surface area contributed by atoms with Crippen LogP contribution in [0.5, 0.6) is 0 Å². The zero-order valence-electron chi connectivity index (χ0n) is 9.77. The highest BCUT2D eigenvalue weighted by molar-refractivity contribution is 7.99. The Kier molecular flexibility index (Phi) is 4.02. The fourth-order valence-corrected chi connectivity index (χ4v) is 3.26. The normalized spacial score (nSPS) is 20.6. The molecule has 0 amide bonds. The molecule has 0 saturated heterocycles. The average molecular weight is 296 g/mol. The smallest absolute Gasteiger partial charge is 0.385 e. The zero-order chi connectivity index (χ0) is 13.3. The monoisotopic (exact) mass is 295 g/mol. The number of fused-ring (bicyclic) bond motifs is 1. The molecule has 0 fully saturated rings. The van der Waals surface area contributed by atoms with Crippen LogP contribution >= 0.6 is 23.4 Å². The van der Waals surface area contributed by atoms with E-state index in [-0.39, 0.29) is 10.3 Å². The molecule has 0 bridgehead atoms. The van der Waals surface area contributed by atoms with Crippen molar-refractivity contribution in [3.8, 4) is 0 Å². The van der Waals surface area contributed by atoms with Gasteiger partial charge in [0.05, 0.1) is 10.6 Å². The maximum Gasteiger partial charge on any atom is 0.417 e. The van der Waals surface area contributed by atoms with Gasteiger partial charge in [0, 0.05) is 17.5 Å². The number of hydrogen-bond donors (Lipinski definition) is 1. The van der Waals surface area contributed by atoms with Gasteiger partial charge < -0.3 is 5.32 Å². The molecule has 6 heteroatoms. The minimum atomic E-state index is -4.41. The van der Waals surface area contributed by atoms with Gasteiger partial charge in [0.15, 0.2) is 0 Å². The van der Waals surface area contributed by atoms with E-state index in [2.05, 4.69) is 5.32 Å². The fraction of sp³-hybridized carbons (Fsp3) is 0.500. The molecule has 18 heavy (non-hydrogen) atoms. The maximum absolute atomic E-state index is 12.8. The molecule has 0 spiro atoms. The molecule has 0 radical (unpaired) electrons. The molecule has 2 rings (SSSR count). The van der Waals surface area contributed by atoms with Gasteiger partial charge in [-0.3, -0.25) is 0 Å². The second kappa shape index (κ2) is 5.21. The Balaban J connectivity index is 2.49. The summed E-state index contributed by atoms with van der Waals surface area (Å²) < 4.78 is 38.3. The van der Waals surface area contributed by atoms with Crippen LogP contribution in [0.3, 0.4) is 0 Å². The summed E-state index contributed by atoms with van der Waals surface area (Å²) in [5, 5.41) is 2.98. The first-order valence-corrected chi connectivity index (χ1v) is 7.08. The Bertz CT molecular complexity index is 448. The summed E-state index contributed by atoms with van der Waals surface area (Å²) in [4.78, 5) is 0. The van der Waals surface area contributed by atoms with E-state index >= 15 is 0 Å². The first kappa shape index (κ1) is 13.9. The Morgan fingerprint density at radius 2 is 2.11 bits per heavy atom. The van der Waals surface area contributed by atoms with Crippen molar-refractivity contribution >= 4 is 29.1 Å². The average Bonchev–Trinajstić information content (AvgIpc) is 2.25. The second-order valence-corrected chi connectivity index (χ2v) is 6.07. The van der Waals surface area contributed by atoms with E-state index in [0.717, 1.165) is 23.8 Å². The topological polar surface area (TPSA) is 12.0 Å². The Hall–Kier alpha value is -0.550. The van der Waals surface area contributed by atoms with E-state index in [1.54, 1.807) is 11.8 Å². The quantitative estimate of drug-likeness (QED) is 0.725. The first-order valence-electron chi connectivity index (χ1n) is 5.65. The first-order chi connectivity index (χ1) is 8.39. The Morgan fingerprint density at radius 3 is 2.78 bits per heavy atom. The third-order valence-electron chi connectivity index (χ3n) is 2.89. The van der Waals surface area contributed by atoms with E-state index < -0.39 is 11.7 Å². The standard InChI is InChI=1S/C12H13ClF3NS/c1-7-8-5-10(13)9(12(14,15)16)6-11(8)17-3-2-4-18-7/h5-7,17H,2-4H2,1H3. The number of rotatable bonds is 0. The van der Waals surface area contributed by atoms with Gasteiger partial charge >= 0.3 is 6.18 Å². The lowest BCUT2D eigenvalue weighted by atomic mass is 10.1. The van der Waals surface area contributed by atoms with E-state index in [0.29, 0.717) is 12.2 Å². The van der Waals surface area contributed by atoms with Gasteiger partial charge in [-0.25, -0.2) is 0 Å². The van der Waals surface area contributed by atoms with Crippen molar-refractivity contribution in [3.63, 3.8) is 0 Å². The zero-order valence-corrected chi connectivity index (χ0v) is 11.3. The summed E-state index contributed by atoms with van der Waals surface area (Å²) in [7, 11) is 0. The summed E-state index contributed by atoms with van der Waals surface area (Å²) >= 11 is 7.49. The molecule has 1 heterocycles. The molecular formula is C12H13ClF3NS. The summed E-state index contributed by atoms with van der Waals surface area (Å²) in [6.07, 6.45) is -3.47. The maximum atomic E-state index is 12.8. The highest BCUT2D eigenvalue weighted by atomic mass is 35.5. The van der Waals surface area contributed by atoms with Crippen LogP contribution in [0.2, 0.25) is 5.02 Å². The Morgan fingerprint density at radius 1 is 1.39 bits per heavy atom. The summed E-state index contributed by atoms with van der Waals surface area (Å²) in [6.45, 7) is 2.67. The molecule has 100 valence electrons. The highest BCUT2D eigenvalue weighted by Crippen LogP contribution is 2.42.